The Kier molecular flexibility index (Phi) is 5.28. The van der Waals surface area contributed by atoms with Gasteiger partial charge in [-0.3, -0.25) is 4.79 Å². The van der Waals surface area contributed by atoms with Crippen molar-refractivity contribution in [1.29, 1.82) is 0 Å². The molecule has 6 nitrogen and oxygen atoms in total. The minimum Gasteiger partial charge on any atom is -0.497 e. The van der Waals surface area contributed by atoms with Gasteiger partial charge in [-0.25, -0.2) is 8.78 Å². The number of thiophene rings is 1. The van der Waals surface area contributed by atoms with Gasteiger partial charge in [0.2, 0.25) is 5.82 Å². The van der Waals surface area contributed by atoms with Crippen LogP contribution < -0.4 is 10.1 Å². The number of nitrogens with zero attached hydrogens (tertiary/aromatic N) is 2. The number of ether oxygens (including phenoxy) is 1. The molecule has 0 spiro atoms. The number of amides is 1. The maximum Gasteiger partial charge on any atom is 0.270 e. The van der Waals surface area contributed by atoms with E-state index in [1.165, 1.54) is 17.4 Å². The minimum atomic E-state index is -1.00. The molecule has 1 N–H and O–H groups in total. The molecule has 0 radical (unpaired) electrons. The molecule has 0 saturated carbocycles. The molecule has 0 fully saturated rings. The Morgan fingerprint density at radius 3 is 2.70 bits per heavy atom. The molecule has 1 amide bonds. The Morgan fingerprint density at radius 1 is 1.13 bits per heavy atom. The van der Waals surface area contributed by atoms with E-state index in [0.29, 0.717) is 21.9 Å². The molecule has 152 valence electrons. The quantitative estimate of drug-likeness (QED) is 0.467. The van der Waals surface area contributed by atoms with E-state index in [4.69, 9.17) is 9.26 Å². The molecule has 30 heavy (non-hydrogen) atoms. The van der Waals surface area contributed by atoms with Gasteiger partial charge in [0.25, 0.3) is 11.8 Å². The molecule has 4 aromatic rings. The lowest BCUT2D eigenvalue weighted by molar-refractivity contribution is 0.102. The van der Waals surface area contributed by atoms with E-state index in [0.717, 1.165) is 17.7 Å². The molecule has 0 aliphatic rings. The van der Waals surface area contributed by atoms with E-state index in [-0.39, 0.29) is 23.2 Å². The van der Waals surface area contributed by atoms with Gasteiger partial charge >= 0.3 is 0 Å². The van der Waals surface area contributed by atoms with Gasteiger partial charge < -0.3 is 14.6 Å². The molecule has 0 saturated heterocycles. The Hall–Kier alpha value is -3.59. The van der Waals surface area contributed by atoms with Crippen LogP contribution in [-0.2, 0) is 0 Å². The number of methoxy groups -OCH3 is 1. The van der Waals surface area contributed by atoms with Crippen molar-refractivity contribution in [3.8, 4) is 27.9 Å². The molecule has 0 atom stereocenters. The van der Waals surface area contributed by atoms with E-state index in [2.05, 4.69) is 15.5 Å². The largest absolute Gasteiger partial charge is 0.497 e. The zero-order valence-corrected chi connectivity index (χ0v) is 16.7. The zero-order chi connectivity index (χ0) is 21.3. The van der Waals surface area contributed by atoms with Crippen molar-refractivity contribution in [2.75, 3.05) is 12.4 Å². The molecule has 2 heterocycles. The van der Waals surface area contributed by atoms with Gasteiger partial charge in [-0.2, -0.15) is 4.98 Å². The fourth-order valence-electron chi connectivity index (χ4n) is 2.85. The Bertz CT molecular complexity index is 1240. The van der Waals surface area contributed by atoms with Gasteiger partial charge in [-0.1, -0.05) is 5.16 Å². The summed E-state index contributed by atoms with van der Waals surface area (Å²) in [6.45, 7) is 1.82. The highest BCUT2D eigenvalue weighted by Gasteiger charge is 2.19. The summed E-state index contributed by atoms with van der Waals surface area (Å²) in [5.74, 6) is -1.32. The van der Waals surface area contributed by atoms with Crippen LogP contribution in [0.2, 0.25) is 0 Å². The second kappa shape index (κ2) is 8.03. The zero-order valence-electron chi connectivity index (χ0n) is 15.9. The lowest BCUT2D eigenvalue weighted by Crippen LogP contribution is -2.13. The topological polar surface area (TPSA) is 77.2 Å². The number of anilines is 1. The van der Waals surface area contributed by atoms with Gasteiger partial charge in [-0.15, -0.1) is 11.3 Å². The molecule has 0 aliphatic carbocycles. The number of nitrogens with one attached hydrogen (secondary N) is 1. The number of benzene rings is 2. The minimum absolute atomic E-state index is 0.112. The molecular weight excluding hydrogens is 412 g/mol. The van der Waals surface area contributed by atoms with Crippen LogP contribution in [0.1, 0.15) is 15.9 Å². The van der Waals surface area contributed by atoms with Crippen LogP contribution >= 0.6 is 11.3 Å². The standard InChI is InChI=1S/C21H15F2N3O3S/c1-11-9-13(28-2)4-5-14(11)20(27)24-17-7-8-30-18(17)21-25-19(26-29-21)12-3-6-15(22)16(23)10-12/h3-10H,1-2H3,(H,24,27). The van der Waals surface area contributed by atoms with Crippen LogP contribution in [0.4, 0.5) is 14.5 Å². The van der Waals surface area contributed by atoms with Crippen molar-refractivity contribution in [3.63, 3.8) is 0 Å². The number of aryl methyl sites for hydroxylation is 1. The van der Waals surface area contributed by atoms with E-state index >= 15 is 0 Å². The summed E-state index contributed by atoms with van der Waals surface area (Å²) in [7, 11) is 1.56. The summed E-state index contributed by atoms with van der Waals surface area (Å²) < 4.78 is 37.1. The second-order valence-corrected chi connectivity index (χ2v) is 7.27. The Balaban J connectivity index is 1.59. The average Bonchev–Trinajstić information content (AvgIpc) is 3.39. The first-order chi connectivity index (χ1) is 14.5. The molecule has 2 aromatic heterocycles. The van der Waals surface area contributed by atoms with Crippen molar-refractivity contribution < 1.29 is 22.8 Å². The number of carbonyl (C=O) groups excluding carboxylic acids is 1. The van der Waals surface area contributed by atoms with Gasteiger partial charge in [0, 0.05) is 11.1 Å². The molecule has 0 unspecified atom stereocenters. The van der Waals surface area contributed by atoms with Crippen molar-refractivity contribution in [3.05, 3.63) is 70.6 Å². The van der Waals surface area contributed by atoms with Crippen LogP contribution in [0, 0.1) is 18.6 Å². The van der Waals surface area contributed by atoms with Gasteiger partial charge in [0.1, 0.15) is 10.6 Å². The highest BCUT2D eigenvalue weighted by Crippen LogP contribution is 2.34. The van der Waals surface area contributed by atoms with Crippen molar-refractivity contribution in [2.24, 2.45) is 0 Å². The highest BCUT2D eigenvalue weighted by molar-refractivity contribution is 7.14. The first kappa shape index (κ1) is 19.7. The van der Waals surface area contributed by atoms with Gasteiger partial charge in [-0.05, 0) is 60.3 Å². The normalized spacial score (nSPS) is 10.8. The molecular formula is C21H15F2N3O3S. The van der Waals surface area contributed by atoms with Gasteiger partial charge in [0.05, 0.1) is 12.8 Å². The lowest BCUT2D eigenvalue weighted by atomic mass is 10.1. The third kappa shape index (κ3) is 3.79. The summed E-state index contributed by atoms with van der Waals surface area (Å²) in [6, 6.07) is 10.2. The first-order valence-electron chi connectivity index (χ1n) is 8.79. The molecule has 0 aliphatic heterocycles. The first-order valence-corrected chi connectivity index (χ1v) is 9.67. The summed E-state index contributed by atoms with van der Waals surface area (Å²) in [6.07, 6.45) is 0. The van der Waals surface area contributed by atoms with E-state index in [1.54, 1.807) is 36.8 Å². The third-order valence-corrected chi connectivity index (χ3v) is 5.29. The number of carbonyl (C=O) groups is 1. The number of hydrogen-bond acceptors (Lipinski definition) is 6. The molecule has 0 bridgehead atoms. The second-order valence-electron chi connectivity index (χ2n) is 6.35. The predicted molar refractivity (Wildman–Crippen MR) is 109 cm³/mol. The number of rotatable bonds is 5. The van der Waals surface area contributed by atoms with E-state index in [9.17, 15) is 13.6 Å². The number of aromatic nitrogens is 2. The lowest BCUT2D eigenvalue weighted by Gasteiger charge is -2.09. The van der Waals surface area contributed by atoms with Crippen LogP contribution in [-0.4, -0.2) is 23.2 Å². The van der Waals surface area contributed by atoms with Crippen LogP contribution in [0.15, 0.2) is 52.4 Å². The number of hydrogen-bond donors (Lipinski definition) is 1. The van der Waals surface area contributed by atoms with E-state index in [1.807, 2.05) is 6.92 Å². The van der Waals surface area contributed by atoms with Crippen molar-refractivity contribution >= 4 is 22.9 Å². The van der Waals surface area contributed by atoms with Crippen molar-refractivity contribution in [2.45, 2.75) is 6.92 Å². The van der Waals surface area contributed by atoms with Crippen LogP contribution in [0.5, 0.6) is 5.75 Å². The average molecular weight is 427 g/mol. The summed E-state index contributed by atoms with van der Waals surface area (Å²) in [5.41, 5.74) is 2.05. The monoisotopic (exact) mass is 427 g/mol. The molecule has 9 heteroatoms. The smallest absolute Gasteiger partial charge is 0.270 e. The summed E-state index contributed by atoms with van der Waals surface area (Å²) in [4.78, 5) is 17.5. The Morgan fingerprint density at radius 2 is 1.97 bits per heavy atom. The summed E-state index contributed by atoms with van der Waals surface area (Å²) in [5, 5.41) is 8.44. The van der Waals surface area contributed by atoms with Crippen molar-refractivity contribution in [1.82, 2.24) is 10.1 Å². The molecule has 4 rings (SSSR count). The Labute approximate surface area is 174 Å². The highest BCUT2D eigenvalue weighted by atomic mass is 32.1. The number of halogens is 2. The fraction of sp³-hybridized carbons (Fsp3) is 0.0952. The maximum absolute atomic E-state index is 13.5. The molecule has 2 aromatic carbocycles. The SMILES string of the molecule is COc1ccc(C(=O)Nc2ccsc2-c2nc(-c3ccc(F)c(F)c3)no2)c(C)c1. The predicted octanol–water partition coefficient (Wildman–Crippen LogP) is 5.31. The maximum atomic E-state index is 13.5. The van der Waals surface area contributed by atoms with E-state index < -0.39 is 11.6 Å². The summed E-state index contributed by atoms with van der Waals surface area (Å²) >= 11 is 1.30. The fourth-order valence-corrected chi connectivity index (χ4v) is 3.62. The van der Waals surface area contributed by atoms with Gasteiger partial charge in [0.15, 0.2) is 11.6 Å². The van der Waals surface area contributed by atoms with Crippen LogP contribution in [0.25, 0.3) is 22.2 Å². The van der Waals surface area contributed by atoms with Crippen LogP contribution in [0.3, 0.4) is 0 Å². The third-order valence-electron chi connectivity index (χ3n) is 4.39.